The summed E-state index contributed by atoms with van der Waals surface area (Å²) in [6.45, 7) is 1.16. The molecule has 1 aliphatic heterocycles. The smallest absolute Gasteiger partial charge is 0.325 e. The first kappa shape index (κ1) is 22.4. The highest BCUT2D eigenvalue weighted by Crippen LogP contribution is 2.36. The van der Waals surface area contributed by atoms with E-state index in [4.69, 9.17) is 21.1 Å². The molecule has 1 unspecified atom stereocenters. The van der Waals surface area contributed by atoms with Crippen molar-refractivity contribution in [3.63, 3.8) is 0 Å². The lowest BCUT2D eigenvalue weighted by Gasteiger charge is -2.22. The Balaban J connectivity index is 1.55. The molecule has 0 bridgehead atoms. The van der Waals surface area contributed by atoms with Gasteiger partial charge in [-0.05, 0) is 29.3 Å². The Morgan fingerprint density at radius 1 is 1.03 bits per heavy atom. The fourth-order valence-electron chi connectivity index (χ4n) is 3.83. The number of benzene rings is 3. The summed E-state index contributed by atoms with van der Waals surface area (Å²) >= 11 is 6.09. The first-order valence-corrected chi connectivity index (χ1v) is 10.5. The number of imide groups is 1. The number of anilines is 1. The van der Waals surface area contributed by atoms with Gasteiger partial charge in [0.2, 0.25) is 5.91 Å². The van der Waals surface area contributed by atoms with Gasteiger partial charge in [-0.25, -0.2) is 4.79 Å². The van der Waals surface area contributed by atoms with Gasteiger partial charge in [0, 0.05) is 12.1 Å². The van der Waals surface area contributed by atoms with Crippen molar-refractivity contribution in [1.82, 2.24) is 10.2 Å². The highest BCUT2D eigenvalue weighted by atomic mass is 35.5. The Labute approximate surface area is 195 Å². The van der Waals surface area contributed by atoms with Crippen molar-refractivity contribution in [3.05, 3.63) is 65.2 Å². The number of rotatable bonds is 6. The van der Waals surface area contributed by atoms with Gasteiger partial charge in [0.15, 0.2) is 0 Å². The van der Waals surface area contributed by atoms with E-state index in [-0.39, 0.29) is 0 Å². The van der Waals surface area contributed by atoms with Crippen LogP contribution in [0.1, 0.15) is 12.5 Å². The second-order valence-electron chi connectivity index (χ2n) is 7.74. The highest BCUT2D eigenvalue weighted by Gasteiger charge is 2.49. The fourth-order valence-corrected chi connectivity index (χ4v) is 4.06. The van der Waals surface area contributed by atoms with Crippen molar-refractivity contribution >= 4 is 45.9 Å². The summed E-state index contributed by atoms with van der Waals surface area (Å²) < 4.78 is 10.4. The minimum Gasteiger partial charge on any atom is -0.495 e. The van der Waals surface area contributed by atoms with E-state index in [1.54, 1.807) is 13.0 Å². The molecule has 1 atom stereocenters. The third-order valence-corrected chi connectivity index (χ3v) is 5.95. The number of methoxy groups -OCH3 is 2. The van der Waals surface area contributed by atoms with Crippen molar-refractivity contribution in [1.29, 1.82) is 0 Å². The van der Waals surface area contributed by atoms with E-state index in [0.717, 1.165) is 15.7 Å². The maximum atomic E-state index is 13.2. The van der Waals surface area contributed by atoms with Gasteiger partial charge in [-0.2, -0.15) is 0 Å². The number of amides is 4. The Hall–Kier alpha value is -3.78. The molecule has 1 fully saturated rings. The van der Waals surface area contributed by atoms with Gasteiger partial charge < -0.3 is 20.1 Å². The molecule has 1 aliphatic rings. The van der Waals surface area contributed by atoms with Crippen molar-refractivity contribution in [2.24, 2.45) is 0 Å². The molecule has 170 valence electrons. The molecule has 33 heavy (non-hydrogen) atoms. The minimum atomic E-state index is -1.29. The first-order valence-electron chi connectivity index (χ1n) is 10.1. The van der Waals surface area contributed by atoms with Crippen LogP contribution in [0.25, 0.3) is 10.8 Å². The SMILES string of the molecule is COc1cc(NC(=O)CN2C(=O)NC(C)(c3ccc4ccccc4c3)C2=O)c(OC)cc1Cl. The summed E-state index contributed by atoms with van der Waals surface area (Å²) in [5.41, 5.74) is -0.359. The molecule has 1 heterocycles. The minimum absolute atomic E-state index is 0.299. The maximum absolute atomic E-state index is 13.2. The lowest BCUT2D eigenvalue weighted by Crippen LogP contribution is -2.42. The third kappa shape index (κ3) is 4.05. The van der Waals surface area contributed by atoms with E-state index in [1.165, 1.54) is 26.4 Å². The van der Waals surface area contributed by atoms with Crippen LogP contribution >= 0.6 is 11.6 Å². The molecule has 8 nitrogen and oxygen atoms in total. The Morgan fingerprint density at radius 2 is 1.73 bits per heavy atom. The van der Waals surface area contributed by atoms with E-state index < -0.39 is 29.9 Å². The number of nitrogens with zero attached hydrogens (tertiary/aromatic N) is 1. The third-order valence-electron chi connectivity index (χ3n) is 5.65. The number of ether oxygens (including phenoxy) is 2. The van der Waals surface area contributed by atoms with Gasteiger partial charge in [-0.15, -0.1) is 0 Å². The summed E-state index contributed by atoms with van der Waals surface area (Å²) in [7, 11) is 2.88. The van der Waals surface area contributed by atoms with Crippen LogP contribution in [0.4, 0.5) is 10.5 Å². The Bertz CT molecular complexity index is 1280. The number of halogens is 1. The van der Waals surface area contributed by atoms with Crippen LogP contribution in [0.5, 0.6) is 11.5 Å². The average Bonchev–Trinajstić information content (AvgIpc) is 3.03. The summed E-state index contributed by atoms with van der Waals surface area (Å²) in [6.07, 6.45) is 0. The molecule has 1 saturated heterocycles. The van der Waals surface area contributed by atoms with Crippen molar-refractivity contribution in [2.45, 2.75) is 12.5 Å². The lowest BCUT2D eigenvalue weighted by molar-refractivity contribution is -0.133. The van der Waals surface area contributed by atoms with E-state index in [1.807, 2.05) is 36.4 Å². The standard InChI is InChI=1S/C24H22ClN3O5/c1-24(16-9-8-14-6-4-5-7-15(14)10-16)22(30)28(23(31)27-24)13-21(29)26-18-12-19(32-2)17(25)11-20(18)33-3/h4-12H,13H2,1-3H3,(H,26,29)(H,27,31). The molecule has 0 saturated carbocycles. The van der Waals surface area contributed by atoms with E-state index in [9.17, 15) is 14.4 Å². The van der Waals surface area contributed by atoms with Gasteiger partial charge in [-0.1, -0.05) is 48.0 Å². The normalized spacial score (nSPS) is 17.8. The fraction of sp³-hybridized carbons (Fsp3) is 0.208. The molecule has 0 spiro atoms. The average molecular weight is 468 g/mol. The Morgan fingerprint density at radius 3 is 2.42 bits per heavy atom. The summed E-state index contributed by atoms with van der Waals surface area (Å²) in [5, 5.41) is 7.64. The predicted molar refractivity (Wildman–Crippen MR) is 125 cm³/mol. The molecule has 3 aromatic rings. The molecule has 0 aliphatic carbocycles. The van der Waals surface area contributed by atoms with Crippen LogP contribution in [-0.4, -0.2) is 43.5 Å². The number of urea groups is 1. The molecule has 2 N–H and O–H groups in total. The van der Waals surface area contributed by atoms with E-state index >= 15 is 0 Å². The van der Waals surface area contributed by atoms with Gasteiger partial charge in [0.1, 0.15) is 23.6 Å². The quantitative estimate of drug-likeness (QED) is 0.536. The summed E-state index contributed by atoms with van der Waals surface area (Å²) in [5.74, 6) is -0.443. The number of nitrogens with one attached hydrogen (secondary N) is 2. The summed E-state index contributed by atoms with van der Waals surface area (Å²) in [6, 6.07) is 15.6. The highest BCUT2D eigenvalue weighted by molar-refractivity contribution is 6.32. The van der Waals surface area contributed by atoms with Crippen molar-refractivity contribution in [2.75, 3.05) is 26.1 Å². The monoisotopic (exact) mass is 467 g/mol. The molecular weight excluding hydrogens is 446 g/mol. The van der Waals surface area contributed by atoms with Crippen LogP contribution in [0, 0.1) is 0 Å². The molecule has 0 aromatic heterocycles. The van der Waals surface area contributed by atoms with Crippen LogP contribution in [0.15, 0.2) is 54.6 Å². The molecule has 4 rings (SSSR count). The number of hydrogen-bond acceptors (Lipinski definition) is 5. The number of carbonyl (C=O) groups excluding carboxylic acids is 3. The predicted octanol–water partition coefficient (Wildman–Crippen LogP) is 3.92. The van der Waals surface area contributed by atoms with Crippen molar-refractivity contribution in [3.8, 4) is 11.5 Å². The van der Waals surface area contributed by atoms with Gasteiger partial charge in [0.05, 0.1) is 24.9 Å². The molecule has 0 radical (unpaired) electrons. The Kier molecular flexibility index (Phi) is 5.86. The maximum Gasteiger partial charge on any atom is 0.325 e. The summed E-state index contributed by atoms with van der Waals surface area (Å²) in [4.78, 5) is 39.5. The van der Waals surface area contributed by atoms with Crippen LogP contribution in [-0.2, 0) is 15.1 Å². The molecule has 9 heteroatoms. The van der Waals surface area contributed by atoms with Crippen molar-refractivity contribution < 1.29 is 23.9 Å². The first-order chi connectivity index (χ1) is 15.8. The topological polar surface area (TPSA) is 97.0 Å². The number of fused-ring (bicyclic) bond motifs is 1. The number of hydrogen-bond donors (Lipinski definition) is 2. The zero-order valence-corrected chi connectivity index (χ0v) is 19.0. The van der Waals surface area contributed by atoms with Gasteiger partial charge in [0.25, 0.3) is 5.91 Å². The van der Waals surface area contributed by atoms with E-state index in [2.05, 4.69) is 10.6 Å². The second-order valence-corrected chi connectivity index (χ2v) is 8.15. The molecular formula is C24H22ClN3O5. The van der Waals surface area contributed by atoms with Gasteiger partial charge in [-0.3, -0.25) is 14.5 Å². The zero-order valence-electron chi connectivity index (χ0n) is 18.3. The largest absolute Gasteiger partial charge is 0.495 e. The van der Waals surface area contributed by atoms with Crippen LogP contribution < -0.4 is 20.1 Å². The number of carbonyl (C=O) groups is 3. The van der Waals surface area contributed by atoms with Crippen LogP contribution in [0.2, 0.25) is 5.02 Å². The second kappa shape index (κ2) is 8.63. The van der Waals surface area contributed by atoms with Gasteiger partial charge >= 0.3 is 6.03 Å². The van der Waals surface area contributed by atoms with Crippen LogP contribution in [0.3, 0.4) is 0 Å². The molecule has 4 amide bonds. The molecule has 3 aromatic carbocycles. The zero-order chi connectivity index (χ0) is 23.8. The lowest BCUT2D eigenvalue weighted by atomic mass is 9.90. The van der Waals surface area contributed by atoms with E-state index in [0.29, 0.717) is 27.8 Å².